The van der Waals surface area contributed by atoms with Crippen LogP contribution in [0.2, 0.25) is 0 Å². The smallest absolute Gasteiger partial charge is 0.141 e. The first-order chi connectivity index (χ1) is 8.45. The van der Waals surface area contributed by atoms with E-state index in [1.54, 1.807) is 12.4 Å². The highest BCUT2D eigenvalue weighted by Crippen LogP contribution is 2.08. The van der Waals surface area contributed by atoms with E-state index in [-0.39, 0.29) is 0 Å². The molecule has 0 bridgehead atoms. The summed E-state index contributed by atoms with van der Waals surface area (Å²) >= 11 is 0. The Morgan fingerprint density at radius 3 is 2.65 bits per heavy atom. The molecule has 4 nitrogen and oxygen atoms in total. The Hall–Kier alpha value is -1.00. The maximum Gasteiger partial charge on any atom is 0.141 e. The Bertz CT molecular complexity index is 296. The molecule has 1 aromatic heterocycles. The van der Waals surface area contributed by atoms with Gasteiger partial charge in [0.05, 0.1) is 6.54 Å². The van der Waals surface area contributed by atoms with Gasteiger partial charge in [-0.2, -0.15) is 0 Å². The highest BCUT2D eigenvalue weighted by atomic mass is 15.1. The third-order valence-corrected chi connectivity index (χ3v) is 3.18. The van der Waals surface area contributed by atoms with Gasteiger partial charge in [0.2, 0.25) is 0 Å². The number of nitrogens with zero attached hydrogens (tertiary/aromatic N) is 3. The Morgan fingerprint density at radius 2 is 1.88 bits per heavy atom. The van der Waals surface area contributed by atoms with Crippen molar-refractivity contribution in [2.75, 3.05) is 26.2 Å². The summed E-state index contributed by atoms with van der Waals surface area (Å²) in [6.45, 7) is 5.64. The maximum atomic E-state index is 4.18. The molecule has 17 heavy (non-hydrogen) atoms. The van der Waals surface area contributed by atoms with Gasteiger partial charge >= 0.3 is 0 Å². The van der Waals surface area contributed by atoms with Gasteiger partial charge in [0.25, 0.3) is 0 Å². The lowest BCUT2D eigenvalue weighted by Crippen LogP contribution is -2.32. The number of nitrogens with one attached hydrogen (secondary N) is 1. The molecule has 2 heterocycles. The van der Waals surface area contributed by atoms with Crippen LogP contribution >= 0.6 is 0 Å². The van der Waals surface area contributed by atoms with Crippen LogP contribution in [0.15, 0.2) is 18.5 Å². The third kappa shape index (κ3) is 4.79. The minimum atomic E-state index is 0.779. The molecule has 94 valence electrons. The Morgan fingerprint density at radius 1 is 1.12 bits per heavy atom. The first-order valence-electron chi connectivity index (χ1n) is 6.64. The molecule has 1 aromatic rings. The van der Waals surface area contributed by atoms with Crippen LogP contribution < -0.4 is 5.32 Å². The van der Waals surface area contributed by atoms with Crippen molar-refractivity contribution in [1.82, 2.24) is 20.2 Å². The quantitative estimate of drug-likeness (QED) is 0.756. The molecule has 0 atom stereocenters. The maximum absolute atomic E-state index is 4.18. The molecule has 0 aliphatic carbocycles. The fourth-order valence-corrected chi connectivity index (χ4v) is 2.23. The van der Waals surface area contributed by atoms with Crippen LogP contribution in [0.25, 0.3) is 0 Å². The molecule has 1 aliphatic rings. The van der Waals surface area contributed by atoms with E-state index in [0.29, 0.717) is 0 Å². The minimum absolute atomic E-state index is 0.779. The van der Waals surface area contributed by atoms with Crippen LogP contribution in [0.3, 0.4) is 0 Å². The van der Waals surface area contributed by atoms with Gasteiger partial charge in [-0.1, -0.05) is 6.42 Å². The molecule has 4 heteroatoms. The molecule has 0 aromatic carbocycles. The lowest BCUT2D eigenvalue weighted by molar-refractivity contribution is 0.225. The first-order valence-corrected chi connectivity index (χ1v) is 6.64. The monoisotopic (exact) mass is 234 g/mol. The molecule has 0 saturated carbocycles. The number of hydrogen-bond donors (Lipinski definition) is 1. The first kappa shape index (κ1) is 12.5. The van der Waals surface area contributed by atoms with Crippen LogP contribution in [0, 0.1) is 0 Å². The standard InChI is InChI=1S/C13H22N4/c1-2-9-17(10-3-1)11-5-6-14-12-13-15-7-4-8-16-13/h4,7-8,14H,1-3,5-6,9-12H2. The molecule has 0 radical (unpaired) electrons. The van der Waals surface area contributed by atoms with E-state index in [9.17, 15) is 0 Å². The van der Waals surface area contributed by atoms with Crippen LogP contribution in [-0.4, -0.2) is 41.0 Å². The SMILES string of the molecule is c1cnc(CNCCCN2CCCCC2)nc1. The Labute approximate surface area is 103 Å². The van der Waals surface area contributed by atoms with Gasteiger partial charge in [-0.3, -0.25) is 0 Å². The van der Waals surface area contributed by atoms with Gasteiger partial charge in [0.15, 0.2) is 0 Å². The molecule has 2 rings (SSSR count). The summed E-state index contributed by atoms with van der Waals surface area (Å²) in [5, 5.41) is 3.39. The van der Waals surface area contributed by atoms with Gasteiger partial charge in [-0.25, -0.2) is 9.97 Å². The zero-order valence-corrected chi connectivity index (χ0v) is 10.4. The van der Waals surface area contributed by atoms with Gasteiger partial charge < -0.3 is 10.2 Å². The second-order valence-corrected chi connectivity index (χ2v) is 4.60. The molecule has 1 aliphatic heterocycles. The molecule has 0 unspecified atom stereocenters. The van der Waals surface area contributed by atoms with Crippen molar-refractivity contribution < 1.29 is 0 Å². The van der Waals surface area contributed by atoms with Gasteiger partial charge in [0, 0.05) is 12.4 Å². The van der Waals surface area contributed by atoms with Crippen LogP contribution in [-0.2, 0) is 6.54 Å². The van der Waals surface area contributed by atoms with E-state index in [0.717, 1.165) is 18.9 Å². The summed E-state index contributed by atoms with van der Waals surface area (Å²) in [5.41, 5.74) is 0. The third-order valence-electron chi connectivity index (χ3n) is 3.18. The van der Waals surface area contributed by atoms with Crippen LogP contribution in [0.1, 0.15) is 31.5 Å². The van der Waals surface area contributed by atoms with Gasteiger partial charge in [-0.15, -0.1) is 0 Å². The summed E-state index contributed by atoms with van der Waals surface area (Å²) in [6.07, 6.45) is 8.97. The zero-order chi connectivity index (χ0) is 11.8. The van der Waals surface area contributed by atoms with Crippen LogP contribution in [0.5, 0.6) is 0 Å². The second-order valence-electron chi connectivity index (χ2n) is 4.60. The molecular formula is C13H22N4. The largest absolute Gasteiger partial charge is 0.310 e. The number of rotatable bonds is 6. The second kappa shape index (κ2) is 7.35. The number of likely N-dealkylation sites (tertiary alicyclic amines) is 1. The lowest BCUT2D eigenvalue weighted by atomic mass is 10.1. The normalized spacial score (nSPS) is 17.2. The predicted octanol–water partition coefficient (Wildman–Crippen LogP) is 1.44. The molecule has 1 saturated heterocycles. The summed E-state index contributed by atoms with van der Waals surface area (Å²) in [7, 11) is 0. The van der Waals surface area contributed by atoms with E-state index in [1.165, 1.54) is 45.3 Å². The van der Waals surface area contributed by atoms with Crippen LogP contribution in [0.4, 0.5) is 0 Å². The topological polar surface area (TPSA) is 41.1 Å². The average Bonchev–Trinajstić information content (AvgIpc) is 2.41. The molecular weight excluding hydrogens is 212 g/mol. The fraction of sp³-hybridized carbons (Fsp3) is 0.692. The Balaban J connectivity index is 1.51. The molecule has 0 spiro atoms. The highest BCUT2D eigenvalue weighted by molar-refractivity contribution is 4.87. The van der Waals surface area contributed by atoms with Crippen molar-refractivity contribution in [3.05, 3.63) is 24.3 Å². The summed E-state index contributed by atoms with van der Waals surface area (Å²) in [5.74, 6) is 0.880. The average molecular weight is 234 g/mol. The number of aromatic nitrogens is 2. The van der Waals surface area contributed by atoms with E-state index in [2.05, 4.69) is 20.2 Å². The van der Waals surface area contributed by atoms with Crippen molar-refractivity contribution in [2.45, 2.75) is 32.2 Å². The van der Waals surface area contributed by atoms with E-state index >= 15 is 0 Å². The van der Waals surface area contributed by atoms with Gasteiger partial charge in [0.1, 0.15) is 5.82 Å². The number of hydrogen-bond acceptors (Lipinski definition) is 4. The predicted molar refractivity (Wildman–Crippen MR) is 68.6 cm³/mol. The number of piperidine rings is 1. The van der Waals surface area contributed by atoms with Gasteiger partial charge in [-0.05, 0) is 51.5 Å². The minimum Gasteiger partial charge on any atom is -0.310 e. The molecule has 1 N–H and O–H groups in total. The van der Waals surface area contributed by atoms with Crippen molar-refractivity contribution in [2.24, 2.45) is 0 Å². The van der Waals surface area contributed by atoms with Crippen molar-refractivity contribution in [3.63, 3.8) is 0 Å². The zero-order valence-electron chi connectivity index (χ0n) is 10.4. The molecule has 0 amide bonds. The summed E-state index contributed by atoms with van der Waals surface area (Å²) in [4.78, 5) is 10.9. The van der Waals surface area contributed by atoms with Crippen molar-refractivity contribution in [3.8, 4) is 0 Å². The van der Waals surface area contributed by atoms with E-state index in [4.69, 9.17) is 0 Å². The summed E-state index contributed by atoms with van der Waals surface area (Å²) < 4.78 is 0. The van der Waals surface area contributed by atoms with Crippen molar-refractivity contribution >= 4 is 0 Å². The Kier molecular flexibility index (Phi) is 5.39. The van der Waals surface area contributed by atoms with Crippen molar-refractivity contribution in [1.29, 1.82) is 0 Å². The highest BCUT2D eigenvalue weighted by Gasteiger charge is 2.08. The molecule has 1 fully saturated rings. The lowest BCUT2D eigenvalue weighted by Gasteiger charge is -2.26. The summed E-state index contributed by atoms with van der Waals surface area (Å²) in [6, 6.07) is 1.85. The van der Waals surface area contributed by atoms with E-state index < -0.39 is 0 Å². The van der Waals surface area contributed by atoms with E-state index in [1.807, 2.05) is 6.07 Å². The fourth-order valence-electron chi connectivity index (χ4n) is 2.23.